The lowest BCUT2D eigenvalue weighted by Crippen LogP contribution is -2.51. The maximum Gasteiger partial charge on any atom is 0.309 e. The van der Waals surface area contributed by atoms with Gasteiger partial charge in [0.1, 0.15) is 11.5 Å². The molecular weight excluding hydrogens is 472 g/mol. The van der Waals surface area contributed by atoms with Crippen LogP contribution in [0, 0.1) is 41.4 Å². The number of carbonyl (C=O) groups excluding carboxylic acids is 2. The highest BCUT2D eigenvalue weighted by molar-refractivity contribution is 6.07. The summed E-state index contributed by atoms with van der Waals surface area (Å²) in [6, 6.07) is 7.90. The number of hydrogen-bond donors (Lipinski definition) is 1. The molecule has 5 fully saturated rings. The Morgan fingerprint density at radius 3 is 2.86 bits per heavy atom. The maximum absolute atomic E-state index is 13.9. The van der Waals surface area contributed by atoms with Crippen LogP contribution in [-0.2, 0) is 29.3 Å². The fraction of sp³-hybridized carbons (Fsp3) is 0.690. The summed E-state index contributed by atoms with van der Waals surface area (Å²) in [5.74, 6) is 0.859. The maximum atomic E-state index is 13.9. The Balaban J connectivity index is 1.18. The number of benzene rings is 1. The lowest BCUT2D eigenvalue weighted by molar-refractivity contribution is -0.145. The zero-order valence-corrected chi connectivity index (χ0v) is 21.7. The fourth-order valence-electron chi connectivity index (χ4n) is 9.03. The van der Waals surface area contributed by atoms with E-state index in [1.165, 1.54) is 17.9 Å². The van der Waals surface area contributed by atoms with Gasteiger partial charge in [-0.25, -0.2) is 0 Å². The first kappa shape index (κ1) is 23.8. The van der Waals surface area contributed by atoms with Gasteiger partial charge in [-0.05, 0) is 55.1 Å². The third-order valence-corrected chi connectivity index (χ3v) is 10.7. The molecule has 8 rings (SSSR count). The standard InChI is InChI=1S/C29H36N2O6/c1-14-9-23-25(18(14)12-32)17(27(33)37-23)8-15(2)26-16-10-24-29(11-21(30-26)19(16)13-36-24)20-6-4-5-7-22(20)31(35-3)28(29)34/h4-7,14-19,21,23-25,32H,8-13H2,1-3H3/t14-,15+,16+,17-,18+,19-,21-,23-,24+,25+,29-/m0/s1. The molecule has 37 heavy (non-hydrogen) atoms. The Labute approximate surface area is 217 Å². The average Bonchev–Trinajstić information content (AvgIpc) is 3.50. The Morgan fingerprint density at radius 1 is 1.27 bits per heavy atom. The van der Waals surface area contributed by atoms with Crippen molar-refractivity contribution in [1.82, 2.24) is 0 Å². The summed E-state index contributed by atoms with van der Waals surface area (Å²) in [5.41, 5.74) is 2.18. The van der Waals surface area contributed by atoms with Crippen molar-refractivity contribution in [3.8, 4) is 0 Å². The van der Waals surface area contributed by atoms with E-state index in [1.54, 1.807) is 0 Å². The summed E-state index contributed by atoms with van der Waals surface area (Å²) in [7, 11) is 1.54. The van der Waals surface area contributed by atoms with Crippen LogP contribution in [0.15, 0.2) is 29.3 Å². The topological polar surface area (TPSA) is 97.7 Å². The highest BCUT2D eigenvalue weighted by atomic mass is 16.7. The number of aliphatic hydroxyl groups is 1. The van der Waals surface area contributed by atoms with E-state index in [4.69, 9.17) is 19.3 Å². The van der Waals surface area contributed by atoms with E-state index in [1.807, 2.05) is 24.3 Å². The van der Waals surface area contributed by atoms with Gasteiger partial charge < -0.3 is 14.6 Å². The second kappa shape index (κ2) is 8.35. The molecule has 11 atom stereocenters. The lowest BCUT2D eigenvalue weighted by atomic mass is 9.70. The van der Waals surface area contributed by atoms with Crippen molar-refractivity contribution < 1.29 is 29.0 Å². The fourth-order valence-corrected chi connectivity index (χ4v) is 9.03. The van der Waals surface area contributed by atoms with Crippen LogP contribution in [-0.4, -0.2) is 61.3 Å². The van der Waals surface area contributed by atoms with Crippen molar-refractivity contribution in [3.05, 3.63) is 29.8 Å². The second-order valence-electron chi connectivity index (χ2n) is 12.3. The van der Waals surface area contributed by atoms with Crippen molar-refractivity contribution in [2.24, 2.45) is 46.4 Å². The number of carbonyl (C=O) groups is 2. The van der Waals surface area contributed by atoms with Crippen LogP contribution in [0.2, 0.25) is 0 Å². The van der Waals surface area contributed by atoms with Crippen molar-refractivity contribution in [3.63, 3.8) is 0 Å². The highest BCUT2D eigenvalue weighted by Gasteiger charge is 2.65. The molecule has 1 aromatic rings. The molecule has 0 aromatic heterocycles. The monoisotopic (exact) mass is 508 g/mol. The number of ether oxygens (including phenoxy) is 2. The molecule has 1 aromatic carbocycles. The van der Waals surface area contributed by atoms with Crippen molar-refractivity contribution in [2.45, 2.75) is 63.2 Å². The third-order valence-electron chi connectivity index (χ3n) is 10.7. The molecule has 2 saturated carbocycles. The number of aliphatic hydroxyl groups excluding tert-OH is 1. The SMILES string of the molecule is CON1C(=O)[C@@]2(C[C@@H]3N=C([C@H](C)C[C@@H]4C(=O)O[C@H]5C[C@H](C)[C@@H](CO)[C@H]54)[C@@H]4C[C@H]2OC[C@H]34)c2ccccc21. The van der Waals surface area contributed by atoms with E-state index in [2.05, 4.69) is 13.8 Å². The summed E-state index contributed by atoms with van der Waals surface area (Å²) in [4.78, 5) is 37.6. The predicted molar refractivity (Wildman–Crippen MR) is 135 cm³/mol. The van der Waals surface area contributed by atoms with Gasteiger partial charge in [-0.1, -0.05) is 32.0 Å². The number of hydroxylamine groups is 1. The zero-order chi connectivity index (χ0) is 25.6. The first-order valence-electron chi connectivity index (χ1n) is 13.9. The minimum absolute atomic E-state index is 0.00346. The van der Waals surface area contributed by atoms with Crippen molar-refractivity contribution in [1.29, 1.82) is 0 Å². The van der Waals surface area contributed by atoms with E-state index in [9.17, 15) is 14.7 Å². The van der Waals surface area contributed by atoms with Gasteiger partial charge in [-0.2, -0.15) is 5.06 Å². The van der Waals surface area contributed by atoms with Gasteiger partial charge in [0, 0.05) is 30.1 Å². The molecule has 5 heterocycles. The Morgan fingerprint density at radius 2 is 2.08 bits per heavy atom. The third kappa shape index (κ3) is 3.09. The largest absolute Gasteiger partial charge is 0.462 e. The number of esters is 1. The summed E-state index contributed by atoms with van der Waals surface area (Å²) in [5, 5.41) is 11.5. The van der Waals surface area contributed by atoms with Gasteiger partial charge in [-0.15, -0.1) is 0 Å². The number of aliphatic imine (C=N–C) groups is 1. The minimum atomic E-state index is -0.782. The molecule has 4 bridgehead atoms. The summed E-state index contributed by atoms with van der Waals surface area (Å²) in [6.07, 6.45) is 2.61. The molecule has 1 spiro atoms. The second-order valence-corrected chi connectivity index (χ2v) is 12.3. The van der Waals surface area contributed by atoms with E-state index in [0.29, 0.717) is 25.4 Å². The molecule has 8 nitrogen and oxygen atoms in total. The average molecular weight is 509 g/mol. The van der Waals surface area contributed by atoms with Crippen molar-refractivity contribution >= 4 is 23.3 Å². The van der Waals surface area contributed by atoms with Crippen molar-refractivity contribution in [2.75, 3.05) is 25.4 Å². The van der Waals surface area contributed by atoms with Gasteiger partial charge in [0.15, 0.2) is 0 Å². The van der Waals surface area contributed by atoms with Crippen LogP contribution in [0.1, 0.15) is 45.1 Å². The molecule has 1 N–H and O–H groups in total. The van der Waals surface area contributed by atoms with Crippen LogP contribution < -0.4 is 5.06 Å². The van der Waals surface area contributed by atoms with Gasteiger partial charge >= 0.3 is 5.97 Å². The first-order chi connectivity index (χ1) is 17.9. The molecule has 3 saturated heterocycles. The van der Waals surface area contributed by atoms with Crippen LogP contribution in [0.25, 0.3) is 0 Å². The van der Waals surface area contributed by atoms with Gasteiger partial charge in [0.2, 0.25) is 0 Å². The van der Waals surface area contributed by atoms with Gasteiger partial charge in [0.05, 0.1) is 37.5 Å². The molecule has 0 radical (unpaired) electrons. The van der Waals surface area contributed by atoms with E-state index >= 15 is 0 Å². The number of fused-ring (bicyclic) bond motifs is 3. The van der Waals surface area contributed by atoms with E-state index in [-0.39, 0.29) is 72.2 Å². The van der Waals surface area contributed by atoms with Crippen LogP contribution in [0.3, 0.4) is 0 Å². The molecule has 8 heteroatoms. The lowest BCUT2D eigenvalue weighted by Gasteiger charge is -2.39. The molecule has 7 aliphatic rings. The zero-order valence-electron chi connectivity index (χ0n) is 21.7. The summed E-state index contributed by atoms with van der Waals surface area (Å²) in [6.45, 7) is 5.05. The number of hydrogen-bond acceptors (Lipinski definition) is 7. The quantitative estimate of drug-likeness (QED) is 0.615. The minimum Gasteiger partial charge on any atom is -0.462 e. The Bertz CT molecular complexity index is 1170. The molecule has 198 valence electrons. The van der Waals surface area contributed by atoms with Crippen LogP contribution >= 0.6 is 0 Å². The Hall–Kier alpha value is -2.29. The molecule has 0 unspecified atom stereocenters. The molecular formula is C29H36N2O6. The van der Waals surface area contributed by atoms with E-state index in [0.717, 1.165) is 24.1 Å². The first-order valence-corrected chi connectivity index (χ1v) is 13.9. The van der Waals surface area contributed by atoms with Crippen LogP contribution in [0.5, 0.6) is 0 Å². The number of rotatable bonds is 5. The number of para-hydroxylation sites is 1. The molecule has 2 aliphatic carbocycles. The summed E-state index contributed by atoms with van der Waals surface area (Å²) >= 11 is 0. The normalized spacial score (nSPS) is 44.2. The number of anilines is 1. The number of nitrogens with zero attached hydrogens (tertiary/aromatic N) is 2. The predicted octanol–water partition coefficient (Wildman–Crippen LogP) is 2.91. The Kier molecular flexibility index (Phi) is 5.37. The van der Waals surface area contributed by atoms with Crippen LogP contribution in [0.4, 0.5) is 5.69 Å². The summed E-state index contributed by atoms with van der Waals surface area (Å²) < 4.78 is 12.2. The van der Waals surface area contributed by atoms with E-state index < -0.39 is 5.41 Å². The molecule has 5 aliphatic heterocycles. The van der Waals surface area contributed by atoms with Gasteiger partial charge in [0.25, 0.3) is 5.91 Å². The smallest absolute Gasteiger partial charge is 0.309 e. The molecule has 1 amide bonds. The van der Waals surface area contributed by atoms with Gasteiger partial charge in [-0.3, -0.25) is 19.4 Å². The highest BCUT2D eigenvalue weighted by Crippen LogP contribution is 2.57. The number of amides is 1.